The molecule has 2 aliphatic rings. The van der Waals surface area contributed by atoms with Gasteiger partial charge in [0.1, 0.15) is 33.1 Å². The Hall–Kier alpha value is 0.0238. The molecule has 2 rings (SSSR count). The van der Waals surface area contributed by atoms with Gasteiger partial charge in [0.05, 0.1) is 0 Å². The van der Waals surface area contributed by atoms with E-state index in [1.54, 1.807) is 6.92 Å². The highest BCUT2D eigenvalue weighted by Crippen LogP contribution is 2.39. The van der Waals surface area contributed by atoms with Crippen molar-refractivity contribution in [2.45, 2.75) is 99.8 Å². The van der Waals surface area contributed by atoms with Crippen molar-refractivity contribution in [1.29, 1.82) is 0 Å². The second-order valence-corrected chi connectivity index (χ2v) is 23.0. The summed E-state index contributed by atoms with van der Waals surface area (Å²) in [5.74, 6) is -0.616. The summed E-state index contributed by atoms with van der Waals surface area (Å²) in [4.78, 5) is 22.7. The van der Waals surface area contributed by atoms with Crippen LogP contribution in [0.3, 0.4) is 0 Å². The van der Waals surface area contributed by atoms with Crippen molar-refractivity contribution in [3.63, 3.8) is 0 Å². The van der Waals surface area contributed by atoms with Gasteiger partial charge in [-0.05, 0) is 39.8 Å². The van der Waals surface area contributed by atoms with Crippen LogP contribution in [0.1, 0.15) is 40.5 Å². The van der Waals surface area contributed by atoms with E-state index in [9.17, 15) is 14.7 Å². The number of halogens is 3. The normalized spacial score (nSPS) is 33.7. The molecule has 0 amide bonds. The number of esters is 2. The molecular weight excluding hydrogens is 612 g/mol. The van der Waals surface area contributed by atoms with Crippen molar-refractivity contribution in [1.82, 2.24) is 0 Å². The summed E-state index contributed by atoms with van der Waals surface area (Å²) in [6.45, 7) is 22.8. The average molecular weight is 651 g/mol. The first-order chi connectivity index (χ1) is 14.8. The van der Waals surface area contributed by atoms with Gasteiger partial charge in [0.15, 0.2) is 7.38 Å². The van der Waals surface area contributed by atoms with Gasteiger partial charge in [-0.1, -0.05) is 70.2 Å². The van der Waals surface area contributed by atoms with Gasteiger partial charge >= 0.3 is 11.9 Å². The zero-order valence-electron chi connectivity index (χ0n) is 20.9. The number of aliphatic hydroxyl groups excluding tert-OH is 1. The Bertz CT molecular complexity index is 709. The molecule has 0 radical (unpaired) electrons. The van der Waals surface area contributed by atoms with Gasteiger partial charge in [-0.25, -0.2) is 0 Å². The summed E-state index contributed by atoms with van der Waals surface area (Å²) in [6, 6.07) is 0. The molecule has 0 saturated carbocycles. The minimum atomic E-state index is -1.92. The van der Waals surface area contributed by atoms with E-state index in [4.69, 9.17) is 25.0 Å². The van der Waals surface area contributed by atoms with E-state index in [0.29, 0.717) is 6.42 Å². The molecule has 6 nitrogen and oxygen atoms in total. The van der Waals surface area contributed by atoms with Gasteiger partial charge in [0.2, 0.25) is 8.32 Å². The number of rotatable bonds is 6. The number of hydrogen-bond acceptors (Lipinski definition) is 6. The number of aliphatic hydroxyl groups is 1. The Labute approximate surface area is 222 Å². The minimum absolute atomic E-state index is 0.163. The summed E-state index contributed by atoms with van der Waals surface area (Å²) >= 11 is 12.3. The number of hydrogen-bond donors (Lipinski definition) is 1. The predicted octanol–water partition coefficient (Wildman–Crippen LogP) is 5.78. The van der Waals surface area contributed by atoms with Crippen molar-refractivity contribution in [3.8, 4) is 0 Å². The van der Waals surface area contributed by atoms with Gasteiger partial charge in [0, 0.05) is 0 Å². The molecule has 2 unspecified atom stereocenters. The lowest BCUT2D eigenvalue weighted by Gasteiger charge is -2.31. The van der Waals surface area contributed by atoms with Crippen LogP contribution in [0.25, 0.3) is 0 Å². The first kappa shape index (κ1) is 33.0. The Morgan fingerprint density at radius 1 is 1.00 bits per heavy atom. The molecule has 11 heteroatoms. The fourth-order valence-electron chi connectivity index (χ4n) is 2.73. The third kappa shape index (κ3) is 9.53. The first-order valence-electron chi connectivity index (χ1n) is 10.9. The van der Waals surface area contributed by atoms with Crippen LogP contribution in [-0.4, -0.2) is 65.8 Å². The second kappa shape index (κ2) is 12.8. The summed E-state index contributed by atoms with van der Waals surface area (Å²) in [5.41, 5.74) is 3.71. The number of carbonyl (C=O) groups excluding carboxylic acids is 2. The molecular formula is C22H39Br2ClO6Si2. The molecule has 2 aliphatic heterocycles. The van der Waals surface area contributed by atoms with E-state index >= 15 is 0 Å². The van der Waals surface area contributed by atoms with Crippen molar-refractivity contribution in [2.75, 3.05) is 0 Å². The molecule has 192 valence electrons. The van der Waals surface area contributed by atoms with Gasteiger partial charge in [0.25, 0.3) is 0 Å². The maximum absolute atomic E-state index is 11.7. The minimum Gasteiger partial charge on any atom is -0.458 e. The fraction of sp³-hybridized carbons (Fsp3) is 0.727. The monoisotopic (exact) mass is 648 g/mol. The third-order valence-corrected chi connectivity index (χ3v) is 10.2. The van der Waals surface area contributed by atoms with Crippen LogP contribution in [0, 0.1) is 0 Å². The van der Waals surface area contributed by atoms with E-state index in [-0.39, 0.29) is 30.3 Å². The topological polar surface area (TPSA) is 82.1 Å². The van der Waals surface area contributed by atoms with E-state index in [0.717, 1.165) is 6.42 Å². The smallest absolute Gasteiger partial charge is 0.325 e. The number of ether oxygens (including phenoxy) is 2. The van der Waals surface area contributed by atoms with E-state index in [1.165, 1.54) is 0 Å². The zero-order valence-corrected chi connectivity index (χ0v) is 26.8. The molecule has 1 N–H and O–H groups in total. The van der Waals surface area contributed by atoms with Crippen LogP contribution in [0.4, 0.5) is 0 Å². The highest BCUT2D eigenvalue weighted by atomic mass is 79.9. The number of alkyl halides is 2. The molecule has 0 aliphatic carbocycles. The lowest BCUT2D eigenvalue weighted by molar-refractivity contribution is -0.143. The Morgan fingerprint density at radius 2 is 1.39 bits per heavy atom. The number of cyclic esters (lactones) is 2. The van der Waals surface area contributed by atoms with Crippen LogP contribution >= 0.6 is 42.9 Å². The van der Waals surface area contributed by atoms with Crippen molar-refractivity contribution >= 4 is 70.6 Å². The molecule has 0 aromatic heterocycles. The average Bonchev–Trinajstić information content (AvgIpc) is 3.05. The van der Waals surface area contributed by atoms with E-state index < -0.39 is 30.5 Å². The van der Waals surface area contributed by atoms with Gasteiger partial charge in [-0.3, -0.25) is 9.59 Å². The van der Waals surface area contributed by atoms with E-state index in [2.05, 4.69) is 58.1 Å². The van der Waals surface area contributed by atoms with Crippen LogP contribution in [0.15, 0.2) is 24.6 Å². The molecule has 6 atom stereocenters. The molecule has 2 fully saturated rings. The lowest BCUT2D eigenvalue weighted by atomic mass is 10.0. The molecule has 33 heavy (non-hydrogen) atoms. The third-order valence-electron chi connectivity index (χ3n) is 5.31. The lowest BCUT2D eigenvalue weighted by Crippen LogP contribution is -2.46. The first-order valence-corrected chi connectivity index (χ1v) is 19.6. The SMILES string of the molecule is C=C[Si](C)(C)Cl.C=C[Si](C)(C)O[C@@H]1[C@@H](CC)OC(=O)C1(C)Br.CC[C@H]1OC(=O)C(C)(Br)[C@@H]1O. The highest BCUT2D eigenvalue weighted by molar-refractivity contribution is 9.10. The summed E-state index contributed by atoms with van der Waals surface area (Å²) in [6.07, 6.45) is -0.0759. The molecule has 0 aromatic rings. The predicted molar refractivity (Wildman–Crippen MR) is 147 cm³/mol. The second-order valence-electron chi connectivity index (χ2n) is 9.41. The zero-order chi connectivity index (χ0) is 26.4. The largest absolute Gasteiger partial charge is 0.458 e. The summed E-state index contributed by atoms with van der Waals surface area (Å²) in [7, 11) is -3.31. The molecule has 0 aromatic carbocycles. The van der Waals surface area contributed by atoms with Crippen LogP contribution in [0.2, 0.25) is 26.2 Å². The highest BCUT2D eigenvalue weighted by Gasteiger charge is 2.54. The van der Waals surface area contributed by atoms with Crippen molar-refractivity contribution < 1.29 is 28.6 Å². The van der Waals surface area contributed by atoms with Crippen LogP contribution in [-0.2, 0) is 23.5 Å². The number of carbonyl (C=O) groups is 2. The summed E-state index contributed by atoms with van der Waals surface area (Å²) in [5, 5.41) is 9.49. The molecule has 0 bridgehead atoms. The molecule has 0 spiro atoms. The van der Waals surface area contributed by atoms with E-state index in [1.807, 2.05) is 45.3 Å². The van der Waals surface area contributed by atoms with Crippen LogP contribution < -0.4 is 0 Å². The van der Waals surface area contributed by atoms with Gasteiger partial charge in [-0.15, -0.1) is 13.2 Å². The molecule has 2 saturated heterocycles. The Morgan fingerprint density at radius 3 is 1.67 bits per heavy atom. The van der Waals surface area contributed by atoms with Crippen LogP contribution in [0.5, 0.6) is 0 Å². The standard InChI is InChI=1S/C11H19BrO3Si.C7H11BrO3.C4H9ClSi/c1-6-8-9(15-16(4,5)7-2)11(3,12)10(13)14-8;1-3-4-5(9)7(2,8)6(10)11-4;1-4-6(2,3)5/h7-9H,2,6H2,1,3-5H3;4-5,9H,3H2,1-2H3;4H,1H2,2-3H3/t8-,9-,11?;4-,5-,7?;/m11./s1. The van der Waals surface area contributed by atoms with Gasteiger partial charge < -0.3 is 19.0 Å². The Balaban J connectivity index is 0.000000520. The maximum Gasteiger partial charge on any atom is 0.325 e. The van der Waals surface area contributed by atoms with Gasteiger partial charge in [-0.2, -0.15) is 11.1 Å². The summed E-state index contributed by atoms with van der Waals surface area (Å²) < 4.78 is 14.6. The quantitative estimate of drug-likeness (QED) is 0.170. The molecule has 2 heterocycles. The fourth-order valence-corrected chi connectivity index (χ4v) is 4.91. The maximum atomic E-state index is 11.7. The van der Waals surface area contributed by atoms with Crippen molar-refractivity contribution in [3.05, 3.63) is 24.6 Å². The van der Waals surface area contributed by atoms with Crippen molar-refractivity contribution in [2.24, 2.45) is 0 Å². The Kier molecular flexibility index (Phi) is 12.8.